The lowest BCUT2D eigenvalue weighted by molar-refractivity contribution is -0.152. The highest BCUT2D eigenvalue weighted by Crippen LogP contribution is 2.05. The fourth-order valence-electron chi connectivity index (χ4n) is 1.74. The molecule has 0 aliphatic rings. The molecule has 0 heterocycles. The number of ether oxygens (including phenoxy) is 2. The molecule has 0 aliphatic heterocycles. The third-order valence-electron chi connectivity index (χ3n) is 2.82. The molecule has 0 aliphatic carbocycles. The second-order valence-electron chi connectivity index (χ2n) is 4.57. The Balaban J connectivity index is 2.30. The number of benzene rings is 1. The minimum absolute atomic E-state index is 0.0423. The van der Waals surface area contributed by atoms with E-state index in [1.54, 1.807) is 6.92 Å². The molecule has 2 atom stereocenters. The number of carbonyl (C=O) groups excluding carboxylic acids is 2. The van der Waals surface area contributed by atoms with Crippen LogP contribution in [0.25, 0.3) is 0 Å². The van der Waals surface area contributed by atoms with E-state index in [9.17, 15) is 14.7 Å². The molecule has 1 aromatic carbocycles. The van der Waals surface area contributed by atoms with Gasteiger partial charge in [0.1, 0.15) is 18.8 Å². The van der Waals surface area contributed by atoms with E-state index in [0.29, 0.717) is 6.42 Å². The molecular formula is C15H21NO5. The van der Waals surface area contributed by atoms with Gasteiger partial charge in [-0.15, -0.1) is 0 Å². The number of esters is 1. The number of nitrogens with one attached hydrogen (secondary N) is 1. The van der Waals surface area contributed by atoms with E-state index in [0.717, 1.165) is 5.56 Å². The van der Waals surface area contributed by atoms with Crippen molar-refractivity contribution in [1.82, 2.24) is 5.32 Å². The Morgan fingerprint density at radius 2 is 1.95 bits per heavy atom. The predicted octanol–water partition coefficient (Wildman–Crippen LogP) is 1.62. The SMILES string of the molecule is CC[C@@H](OC(C)=O)[C@H](O)CNC(=O)OCc1ccccc1. The zero-order chi connectivity index (χ0) is 15.7. The Kier molecular flexibility index (Phi) is 7.25. The number of hydrogen-bond donors (Lipinski definition) is 2. The first-order chi connectivity index (χ1) is 10.0. The van der Waals surface area contributed by atoms with Crippen LogP contribution in [-0.2, 0) is 20.9 Å². The molecular weight excluding hydrogens is 274 g/mol. The van der Waals surface area contributed by atoms with Gasteiger partial charge in [0.2, 0.25) is 0 Å². The van der Waals surface area contributed by atoms with Crippen molar-refractivity contribution in [3.63, 3.8) is 0 Å². The van der Waals surface area contributed by atoms with Crippen molar-refractivity contribution in [2.75, 3.05) is 6.54 Å². The van der Waals surface area contributed by atoms with Crippen molar-refractivity contribution in [1.29, 1.82) is 0 Å². The maximum atomic E-state index is 11.5. The molecule has 0 aromatic heterocycles. The first-order valence-electron chi connectivity index (χ1n) is 6.82. The highest BCUT2D eigenvalue weighted by atomic mass is 16.6. The number of amides is 1. The van der Waals surface area contributed by atoms with Gasteiger partial charge in [0, 0.05) is 6.92 Å². The van der Waals surface area contributed by atoms with Gasteiger partial charge in [-0.1, -0.05) is 37.3 Å². The average Bonchev–Trinajstić information content (AvgIpc) is 2.49. The summed E-state index contributed by atoms with van der Waals surface area (Å²) in [5.74, 6) is -0.465. The van der Waals surface area contributed by atoms with E-state index in [4.69, 9.17) is 9.47 Å². The van der Waals surface area contributed by atoms with Crippen molar-refractivity contribution in [2.45, 2.75) is 39.1 Å². The molecule has 0 saturated carbocycles. The molecule has 1 aromatic rings. The maximum absolute atomic E-state index is 11.5. The molecule has 6 heteroatoms. The Morgan fingerprint density at radius 1 is 1.29 bits per heavy atom. The Hall–Kier alpha value is -2.08. The molecule has 1 rings (SSSR count). The first kappa shape index (κ1) is 17.0. The van der Waals surface area contributed by atoms with Gasteiger partial charge in [-0.3, -0.25) is 4.79 Å². The van der Waals surface area contributed by atoms with Gasteiger partial charge in [-0.05, 0) is 12.0 Å². The first-order valence-corrected chi connectivity index (χ1v) is 6.82. The molecule has 0 saturated heterocycles. The van der Waals surface area contributed by atoms with Crippen molar-refractivity contribution in [3.05, 3.63) is 35.9 Å². The number of rotatable bonds is 7. The van der Waals surface area contributed by atoms with Gasteiger partial charge in [0.05, 0.1) is 6.54 Å². The third kappa shape index (κ3) is 6.76. The summed E-state index contributed by atoms with van der Waals surface area (Å²) in [5.41, 5.74) is 0.875. The van der Waals surface area contributed by atoms with Gasteiger partial charge >= 0.3 is 12.1 Å². The summed E-state index contributed by atoms with van der Waals surface area (Å²) in [6, 6.07) is 9.27. The van der Waals surface area contributed by atoms with Crippen LogP contribution in [0.3, 0.4) is 0 Å². The lowest BCUT2D eigenvalue weighted by atomic mass is 10.1. The zero-order valence-electron chi connectivity index (χ0n) is 12.2. The summed E-state index contributed by atoms with van der Waals surface area (Å²) in [4.78, 5) is 22.4. The lowest BCUT2D eigenvalue weighted by Crippen LogP contribution is -2.40. The smallest absolute Gasteiger partial charge is 0.407 e. The number of aliphatic hydroxyl groups excluding tert-OH is 1. The van der Waals surface area contributed by atoms with Gasteiger partial charge in [0.15, 0.2) is 0 Å². The average molecular weight is 295 g/mol. The number of carbonyl (C=O) groups is 2. The topological polar surface area (TPSA) is 84.9 Å². The normalized spacial score (nSPS) is 13.1. The quantitative estimate of drug-likeness (QED) is 0.747. The van der Waals surface area contributed by atoms with Crippen molar-refractivity contribution < 1.29 is 24.2 Å². The summed E-state index contributed by atoms with van der Waals surface area (Å²) in [6.07, 6.45) is -1.78. The number of alkyl carbamates (subject to hydrolysis) is 1. The van der Waals surface area contributed by atoms with E-state index in [-0.39, 0.29) is 13.2 Å². The fourth-order valence-corrected chi connectivity index (χ4v) is 1.74. The third-order valence-corrected chi connectivity index (χ3v) is 2.82. The molecule has 21 heavy (non-hydrogen) atoms. The standard InChI is InChI=1S/C15H21NO5/c1-3-14(21-11(2)17)13(18)9-16-15(19)20-10-12-7-5-4-6-8-12/h4-8,13-14,18H,3,9-10H2,1-2H3,(H,16,19)/t13-,14-/m1/s1. The molecule has 116 valence electrons. The molecule has 0 spiro atoms. The molecule has 6 nitrogen and oxygen atoms in total. The maximum Gasteiger partial charge on any atom is 0.407 e. The monoisotopic (exact) mass is 295 g/mol. The van der Waals surface area contributed by atoms with Crippen LogP contribution >= 0.6 is 0 Å². The molecule has 0 radical (unpaired) electrons. The fraction of sp³-hybridized carbons (Fsp3) is 0.467. The van der Waals surface area contributed by atoms with Crippen molar-refractivity contribution in [2.24, 2.45) is 0 Å². The minimum atomic E-state index is -0.969. The van der Waals surface area contributed by atoms with Crippen LogP contribution in [0.1, 0.15) is 25.8 Å². The van der Waals surface area contributed by atoms with Crippen LogP contribution < -0.4 is 5.32 Å². The largest absolute Gasteiger partial charge is 0.460 e. The minimum Gasteiger partial charge on any atom is -0.460 e. The molecule has 2 N–H and O–H groups in total. The highest BCUT2D eigenvalue weighted by Gasteiger charge is 2.21. The summed E-state index contributed by atoms with van der Waals surface area (Å²) in [7, 11) is 0. The number of hydrogen-bond acceptors (Lipinski definition) is 5. The van der Waals surface area contributed by atoms with Crippen LogP contribution in [0.4, 0.5) is 4.79 Å². The number of aliphatic hydroxyl groups is 1. The summed E-state index contributed by atoms with van der Waals surface area (Å²) in [6.45, 7) is 3.17. The Labute approximate surface area is 124 Å². The van der Waals surface area contributed by atoms with Crippen LogP contribution in [0.5, 0.6) is 0 Å². The van der Waals surface area contributed by atoms with Gasteiger partial charge in [0.25, 0.3) is 0 Å². The van der Waals surface area contributed by atoms with E-state index < -0.39 is 24.3 Å². The van der Waals surface area contributed by atoms with Crippen LogP contribution in [0, 0.1) is 0 Å². The van der Waals surface area contributed by atoms with Crippen LogP contribution in [-0.4, -0.2) is 35.9 Å². The highest BCUT2D eigenvalue weighted by molar-refractivity contribution is 5.67. The molecule has 1 amide bonds. The zero-order valence-corrected chi connectivity index (χ0v) is 12.2. The van der Waals surface area contributed by atoms with Gasteiger partial charge in [-0.25, -0.2) is 4.79 Å². The van der Waals surface area contributed by atoms with Gasteiger partial charge in [-0.2, -0.15) is 0 Å². The molecule has 0 unspecified atom stereocenters. The van der Waals surface area contributed by atoms with E-state index in [1.165, 1.54) is 6.92 Å². The van der Waals surface area contributed by atoms with E-state index >= 15 is 0 Å². The summed E-state index contributed by atoms with van der Waals surface area (Å²) < 4.78 is 9.95. The van der Waals surface area contributed by atoms with E-state index in [2.05, 4.69) is 5.32 Å². The van der Waals surface area contributed by atoms with Crippen LogP contribution in [0.2, 0.25) is 0 Å². The van der Waals surface area contributed by atoms with Crippen LogP contribution in [0.15, 0.2) is 30.3 Å². The second kappa shape index (κ2) is 8.97. The predicted molar refractivity (Wildman–Crippen MR) is 76.5 cm³/mol. The summed E-state index contributed by atoms with van der Waals surface area (Å²) in [5, 5.41) is 12.3. The summed E-state index contributed by atoms with van der Waals surface area (Å²) >= 11 is 0. The Bertz CT molecular complexity index is 449. The Morgan fingerprint density at radius 3 is 2.52 bits per heavy atom. The molecule has 0 bridgehead atoms. The van der Waals surface area contributed by atoms with Crippen molar-refractivity contribution in [3.8, 4) is 0 Å². The lowest BCUT2D eigenvalue weighted by Gasteiger charge is -2.21. The van der Waals surface area contributed by atoms with Crippen molar-refractivity contribution >= 4 is 12.1 Å². The molecule has 0 fully saturated rings. The second-order valence-corrected chi connectivity index (χ2v) is 4.57. The van der Waals surface area contributed by atoms with Gasteiger partial charge < -0.3 is 19.9 Å². The van der Waals surface area contributed by atoms with E-state index in [1.807, 2.05) is 30.3 Å².